The van der Waals surface area contributed by atoms with E-state index in [4.69, 9.17) is 9.73 Å². The number of amides is 2. The fraction of sp³-hybridized carbons (Fsp3) is 0.440. The Kier molecular flexibility index (Phi) is 5.42. The van der Waals surface area contributed by atoms with Gasteiger partial charge in [-0.1, -0.05) is 17.7 Å². The highest BCUT2D eigenvalue weighted by molar-refractivity contribution is 6.04. The molecule has 0 spiro atoms. The maximum absolute atomic E-state index is 12.7. The summed E-state index contributed by atoms with van der Waals surface area (Å²) in [6.45, 7) is 14.3. The maximum atomic E-state index is 12.7. The van der Waals surface area contributed by atoms with Crippen molar-refractivity contribution in [2.45, 2.75) is 53.1 Å². The molecule has 0 aromatic heterocycles. The van der Waals surface area contributed by atoms with Gasteiger partial charge in [0.2, 0.25) is 0 Å². The van der Waals surface area contributed by atoms with Gasteiger partial charge in [-0.15, -0.1) is 0 Å². The minimum absolute atomic E-state index is 0.0112. The van der Waals surface area contributed by atoms with Gasteiger partial charge in [0.1, 0.15) is 17.3 Å². The molecule has 164 valence electrons. The van der Waals surface area contributed by atoms with E-state index in [-0.39, 0.29) is 17.6 Å². The summed E-state index contributed by atoms with van der Waals surface area (Å²) < 4.78 is 6.28. The predicted octanol–water partition coefficient (Wildman–Crippen LogP) is 5.00. The molecule has 1 unspecified atom stereocenters. The Balaban J connectivity index is 1.66. The summed E-state index contributed by atoms with van der Waals surface area (Å²) in [6.07, 6.45) is 0. The lowest BCUT2D eigenvalue weighted by Gasteiger charge is -2.42. The molecule has 1 saturated heterocycles. The Hall–Kier alpha value is -3.02. The van der Waals surface area contributed by atoms with E-state index in [1.807, 2.05) is 43.9 Å². The standard InChI is InChI=1S/C25H32N4O2/c1-16-8-10-21-19(13-16)23(26-20-9-7-17(2)14-22(20)31-21)28-11-12-29(18(3)15-28)24(30)27-25(4,5)6/h7-10,13-14,18H,11-12,15H2,1-6H3,(H,27,30). The number of nitrogens with zero attached hydrogens (tertiary/aromatic N) is 3. The summed E-state index contributed by atoms with van der Waals surface area (Å²) >= 11 is 0. The maximum Gasteiger partial charge on any atom is 0.318 e. The second-order valence-corrected chi connectivity index (χ2v) is 9.68. The van der Waals surface area contributed by atoms with Crippen LogP contribution in [0, 0.1) is 13.8 Å². The number of urea groups is 1. The van der Waals surface area contributed by atoms with Gasteiger partial charge in [-0.05, 0) is 71.4 Å². The molecule has 1 atom stereocenters. The molecule has 0 radical (unpaired) electrons. The predicted molar refractivity (Wildman–Crippen MR) is 125 cm³/mol. The van der Waals surface area contributed by atoms with E-state index in [9.17, 15) is 4.79 Å². The molecule has 1 N–H and O–H groups in total. The molecule has 2 aromatic rings. The Morgan fingerprint density at radius 2 is 1.77 bits per heavy atom. The van der Waals surface area contributed by atoms with Gasteiger partial charge >= 0.3 is 6.03 Å². The van der Waals surface area contributed by atoms with Crippen LogP contribution in [0.1, 0.15) is 44.4 Å². The Bertz CT molecular complexity index is 1040. The van der Waals surface area contributed by atoms with Gasteiger partial charge in [-0.2, -0.15) is 0 Å². The lowest BCUT2D eigenvalue weighted by molar-refractivity contribution is 0.129. The lowest BCUT2D eigenvalue weighted by atomic mass is 10.1. The molecule has 2 aliphatic heterocycles. The summed E-state index contributed by atoms with van der Waals surface area (Å²) in [7, 11) is 0. The molecule has 2 heterocycles. The minimum Gasteiger partial charge on any atom is -0.454 e. The first-order valence-electron chi connectivity index (χ1n) is 10.9. The van der Waals surface area contributed by atoms with Crippen molar-refractivity contribution in [1.29, 1.82) is 0 Å². The van der Waals surface area contributed by atoms with Gasteiger partial charge in [0.15, 0.2) is 5.75 Å². The number of nitrogens with one attached hydrogen (secondary N) is 1. The van der Waals surface area contributed by atoms with Crippen LogP contribution in [0.15, 0.2) is 41.4 Å². The van der Waals surface area contributed by atoms with E-state index in [0.29, 0.717) is 13.1 Å². The zero-order valence-corrected chi connectivity index (χ0v) is 19.3. The number of ether oxygens (including phenoxy) is 1. The van der Waals surface area contributed by atoms with Crippen molar-refractivity contribution in [3.63, 3.8) is 0 Å². The molecule has 31 heavy (non-hydrogen) atoms. The van der Waals surface area contributed by atoms with E-state index in [1.165, 1.54) is 0 Å². The molecule has 6 nitrogen and oxygen atoms in total. The average molecular weight is 421 g/mol. The molecule has 1 fully saturated rings. The number of fused-ring (bicyclic) bond motifs is 2. The van der Waals surface area contributed by atoms with E-state index < -0.39 is 0 Å². The number of aliphatic imine (C=N–C) groups is 1. The Labute approximate surface area is 184 Å². The highest BCUT2D eigenvalue weighted by Gasteiger charge is 2.32. The SMILES string of the molecule is Cc1ccc2c(c1)Oc1ccc(C)cc1C(N1CCN(C(=O)NC(C)(C)C)C(C)C1)=N2. The molecular formula is C25H32N4O2. The lowest BCUT2D eigenvalue weighted by Crippen LogP contribution is -2.59. The zero-order valence-electron chi connectivity index (χ0n) is 19.3. The number of carbonyl (C=O) groups is 1. The smallest absolute Gasteiger partial charge is 0.318 e. The van der Waals surface area contributed by atoms with E-state index in [2.05, 4.69) is 49.2 Å². The number of hydrogen-bond donors (Lipinski definition) is 1. The van der Waals surface area contributed by atoms with Crippen LogP contribution in [0.25, 0.3) is 0 Å². The average Bonchev–Trinajstić information content (AvgIpc) is 2.82. The molecule has 0 bridgehead atoms. The molecule has 4 rings (SSSR count). The van der Waals surface area contributed by atoms with E-state index in [1.54, 1.807) is 0 Å². The molecule has 0 saturated carbocycles. The number of aryl methyl sites for hydroxylation is 2. The summed E-state index contributed by atoms with van der Waals surface area (Å²) in [5.41, 5.74) is 3.87. The monoisotopic (exact) mass is 420 g/mol. The number of rotatable bonds is 0. The van der Waals surface area contributed by atoms with Crippen LogP contribution in [0.5, 0.6) is 11.5 Å². The van der Waals surface area contributed by atoms with E-state index >= 15 is 0 Å². The van der Waals surface area contributed by atoms with Crippen molar-refractivity contribution in [3.05, 3.63) is 53.1 Å². The fourth-order valence-corrected chi connectivity index (χ4v) is 4.08. The van der Waals surface area contributed by atoms with Gasteiger partial charge in [-0.25, -0.2) is 9.79 Å². The van der Waals surface area contributed by atoms with Crippen molar-refractivity contribution < 1.29 is 9.53 Å². The van der Waals surface area contributed by atoms with Gasteiger partial charge in [0.05, 0.1) is 5.56 Å². The number of piperazine rings is 1. The number of amidine groups is 1. The molecule has 2 aromatic carbocycles. The number of benzene rings is 2. The third-order valence-corrected chi connectivity index (χ3v) is 5.61. The Morgan fingerprint density at radius 3 is 2.48 bits per heavy atom. The highest BCUT2D eigenvalue weighted by Crippen LogP contribution is 2.39. The van der Waals surface area contributed by atoms with Crippen LogP contribution in [0.3, 0.4) is 0 Å². The first kappa shape index (κ1) is 21.2. The van der Waals surface area contributed by atoms with Crippen LogP contribution in [0.4, 0.5) is 10.5 Å². The number of carbonyl (C=O) groups excluding carboxylic acids is 1. The summed E-state index contributed by atoms with van der Waals surface area (Å²) in [4.78, 5) is 22.0. The van der Waals surface area contributed by atoms with Crippen molar-refractivity contribution in [2.24, 2.45) is 4.99 Å². The zero-order chi connectivity index (χ0) is 22.3. The van der Waals surface area contributed by atoms with Crippen molar-refractivity contribution >= 4 is 17.6 Å². The van der Waals surface area contributed by atoms with E-state index in [0.717, 1.165) is 46.3 Å². The first-order chi connectivity index (χ1) is 14.6. The molecule has 6 heteroatoms. The summed E-state index contributed by atoms with van der Waals surface area (Å²) in [6, 6.07) is 12.4. The summed E-state index contributed by atoms with van der Waals surface area (Å²) in [5.74, 6) is 2.50. The minimum atomic E-state index is -0.255. The largest absolute Gasteiger partial charge is 0.454 e. The molecule has 0 aliphatic carbocycles. The second kappa shape index (κ2) is 7.91. The van der Waals surface area contributed by atoms with Crippen LogP contribution in [-0.4, -0.2) is 52.9 Å². The molecule has 2 aliphatic rings. The molecule has 2 amide bonds. The van der Waals surface area contributed by atoms with Gasteiger partial charge < -0.3 is 19.9 Å². The van der Waals surface area contributed by atoms with Crippen molar-refractivity contribution in [3.8, 4) is 11.5 Å². The highest BCUT2D eigenvalue weighted by atomic mass is 16.5. The van der Waals surface area contributed by atoms with Crippen LogP contribution >= 0.6 is 0 Å². The van der Waals surface area contributed by atoms with Crippen molar-refractivity contribution in [2.75, 3.05) is 19.6 Å². The fourth-order valence-electron chi connectivity index (χ4n) is 4.08. The second-order valence-electron chi connectivity index (χ2n) is 9.68. The van der Waals surface area contributed by atoms with Crippen molar-refractivity contribution in [1.82, 2.24) is 15.1 Å². The Morgan fingerprint density at radius 1 is 1.06 bits per heavy atom. The van der Waals surface area contributed by atoms with Crippen LogP contribution < -0.4 is 10.1 Å². The third kappa shape index (κ3) is 4.53. The third-order valence-electron chi connectivity index (χ3n) is 5.61. The van der Waals surface area contributed by atoms with Gasteiger partial charge in [-0.3, -0.25) is 0 Å². The molecular weight excluding hydrogens is 388 g/mol. The van der Waals surface area contributed by atoms with Crippen LogP contribution in [-0.2, 0) is 0 Å². The number of hydrogen-bond acceptors (Lipinski definition) is 4. The topological polar surface area (TPSA) is 57.2 Å². The van der Waals surface area contributed by atoms with Gasteiger partial charge in [0, 0.05) is 31.2 Å². The van der Waals surface area contributed by atoms with Gasteiger partial charge in [0.25, 0.3) is 0 Å². The quantitative estimate of drug-likeness (QED) is 0.652. The summed E-state index contributed by atoms with van der Waals surface area (Å²) in [5, 5.41) is 3.08. The first-order valence-corrected chi connectivity index (χ1v) is 10.9. The normalized spacial score (nSPS) is 18.4. The van der Waals surface area contributed by atoms with Crippen LogP contribution in [0.2, 0.25) is 0 Å².